The fraction of sp³-hybridized carbons (Fsp3) is 0.300. The van der Waals surface area contributed by atoms with E-state index in [1.165, 1.54) is 23.1 Å². The van der Waals surface area contributed by atoms with E-state index in [-0.39, 0.29) is 5.56 Å². The molecule has 0 saturated heterocycles. The summed E-state index contributed by atoms with van der Waals surface area (Å²) in [5.74, 6) is 1.96. The van der Waals surface area contributed by atoms with E-state index in [1.807, 2.05) is 30.5 Å². The molecular weight excluding hydrogens is 442 g/mol. The number of ether oxygens (including phenoxy) is 1. The van der Waals surface area contributed by atoms with E-state index >= 15 is 0 Å². The van der Waals surface area contributed by atoms with E-state index in [1.54, 1.807) is 16.5 Å². The van der Waals surface area contributed by atoms with Crippen molar-refractivity contribution in [3.05, 3.63) is 68.3 Å². The van der Waals surface area contributed by atoms with Gasteiger partial charge in [0.05, 0.1) is 10.7 Å². The molecule has 5 rings (SSSR count). The maximum Gasteiger partial charge on any atom is 0.258 e. The van der Waals surface area contributed by atoms with Gasteiger partial charge in [0.1, 0.15) is 12.4 Å². The van der Waals surface area contributed by atoms with Crippen molar-refractivity contribution in [2.45, 2.75) is 43.3 Å². The number of benzene rings is 1. The van der Waals surface area contributed by atoms with E-state index in [0.717, 1.165) is 35.2 Å². The number of thiazole rings is 1. The summed E-state index contributed by atoms with van der Waals surface area (Å²) in [7, 11) is 0. The highest BCUT2D eigenvalue weighted by Crippen LogP contribution is 2.39. The number of nitrogens with zero attached hydrogens (tertiary/aromatic N) is 5. The zero-order chi connectivity index (χ0) is 20.7. The molecule has 7 nitrogen and oxygen atoms in total. The lowest BCUT2D eigenvalue weighted by molar-refractivity contribution is 0.288. The molecule has 0 amide bonds. The Labute approximate surface area is 185 Å². The molecule has 1 fully saturated rings. The van der Waals surface area contributed by atoms with E-state index < -0.39 is 0 Å². The maximum absolute atomic E-state index is 12.4. The third-order valence-electron chi connectivity index (χ3n) is 4.82. The number of rotatable bonds is 7. The van der Waals surface area contributed by atoms with Gasteiger partial charge in [-0.25, -0.2) is 4.98 Å². The molecule has 3 heterocycles. The average Bonchev–Trinajstić information content (AvgIpc) is 3.38. The second-order valence-corrected chi connectivity index (χ2v) is 9.27. The number of thioether (sulfide) groups is 1. The van der Waals surface area contributed by atoms with Crippen molar-refractivity contribution in [3.63, 3.8) is 0 Å². The van der Waals surface area contributed by atoms with Crippen LogP contribution in [0.4, 0.5) is 0 Å². The SMILES string of the molecule is Cc1csc2nc(CSc3nnc(COc4ccccc4Cl)n3C3CC3)cc(=O)n12. The van der Waals surface area contributed by atoms with Gasteiger partial charge in [-0.05, 0) is 31.9 Å². The van der Waals surface area contributed by atoms with Gasteiger partial charge in [-0.15, -0.1) is 21.5 Å². The molecule has 0 atom stereocenters. The minimum atomic E-state index is -0.0492. The second kappa shape index (κ2) is 8.05. The van der Waals surface area contributed by atoms with Crippen molar-refractivity contribution < 1.29 is 4.74 Å². The molecule has 3 aromatic heterocycles. The smallest absolute Gasteiger partial charge is 0.258 e. The number of hydrogen-bond acceptors (Lipinski definition) is 7. The Hall–Kier alpha value is -2.36. The normalized spacial score (nSPS) is 13.8. The summed E-state index contributed by atoms with van der Waals surface area (Å²) in [5, 5.41) is 12.0. The minimum absolute atomic E-state index is 0.0492. The van der Waals surface area contributed by atoms with E-state index in [9.17, 15) is 4.79 Å². The first kappa shape index (κ1) is 19.6. The molecule has 10 heteroatoms. The molecule has 0 aliphatic heterocycles. The molecule has 154 valence electrons. The van der Waals surface area contributed by atoms with Gasteiger partial charge in [-0.1, -0.05) is 35.5 Å². The Morgan fingerprint density at radius 1 is 1.30 bits per heavy atom. The number of fused-ring (bicyclic) bond motifs is 1. The first-order valence-electron chi connectivity index (χ1n) is 9.51. The summed E-state index contributed by atoms with van der Waals surface area (Å²) in [4.78, 5) is 17.7. The fourth-order valence-corrected chi connectivity index (χ4v) is 5.22. The van der Waals surface area contributed by atoms with Gasteiger partial charge in [0.25, 0.3) is 5.56 Å². The van der Waals surface area contributed by atoms with Crippen molar-refractivity contribution >= 4 is 39.7 Å². The summed E-state index contributed by atoms with van der Waals surface area (Å²) in [6.07, 6.45) is 2.20. The predicted octanol–water partition coefficient (Wildman–Crippen LogP) is 4.52. The number of aryl methyl sites for hydroxylation is 1. The molecule has 1 saturated carbocycles. The van der Waals surface area contributed by atoms with Crippen molar-refractivity contribution in [1.29, 1.82) is 0 Å². The highest BCUT2D eigenvalue weighted by molar-refractivity contribution is 7.98. The summed E-state index contributed by atoms with van der Waals surface area (Å²) in [5.41, 5.74) is 1.60. The molecule has 0 N–H and O–H groups in total. The van der Waals surface area contributed by atoms with Crippen LogP contribution < -0.4 is 10.3 Å². The average molecular weight is 460 g/mol. The van der Waals surface area contributed by atoms with E-state index in [2.05, 4.69) is 19.7 Å². The van der Waals surface area contributed by atoms with Crippen LogP contribution in [0.3, 0.4) is 0 Å². The van der Waals surface area contributed by atoms with Crippen LogP contribution in [0, 0.1) is 6.92 Å². The zero-order valence-electron chi connectivity index (χ0n) is 16.1. The van der Waals surface area contributed by atoms with Crippen LogP contribution in [0.1, 0.15) is 36.1 Å². The van der Waals surface area contributed by atoms with Crippen LogP contribution in [0.5, 0.6) is 5.75 Å². The van der Waals surface area contributed by atoms with Crippen LogP contribution >= 0.6 is 34.7 Å². The zero-order valence-corrected chi connectivity index (χ0v) is 18.5. The number of hydrogen-bond donors (Lipinski definition) is 0. The van der Waals surface area contributed by atoms with Gasteiger partial charge in [-0.3, -0.25) is 13.8 Å². The Morgan fingerprint density at radius 2 is 2.13 bits per heavy atom. The Bertz CT molecular complexity index is 1280. The van der Waals surface area contributed by atoms with Gasteiger partial charge >= 0.3 is 0 Å². The monoisotopic (exact) mass is 459 g/mol. The lowest BCUT2D eigenvalue weighted by Crippen LogP contribution is -2.14. The minimum Gasteiger partial charge on any atom is -0.484 e. The Balaban J connectivity index is 1.34. The molecule has 0 unspecified atom stereocenters. The summed E-state index contributed by atoms with van der Waals surface area (Å²) < 4.78 is 9.64. The molecule has 1 aliphatic rings. The summed E-state index contributed by atoms with van der Waals surface area (Å²) in [6.45, 7) is 2.21. The fourth-order valence-electron chi connectivity index (χ4n) is 3.22. The van der Waals surface area contributed by atoms with Crippen LogP contribution in [0.15, 0.2) is 45.7 Å². The Kier molecular flexibility index (Phi) is 5.26. The molecule has 1 aliphatic carbocycles. The van der Waals surface area contributed by atoms with Gasteiger partial charge in [0.2, 0.25) is 0 Å². The first-order valence-corrected chi connectivity index (χ1v) is 11.7. The third-order valence-corrected chi connectivity index (χ3v) is 7.05. The predicted molar refractivity (Wildman–Crippen MR) is 118 cm³/mol. The van der Waals surface area contributed by atoms with E-state index in [0.29, 0.717) is 34.1 Å². The highest BCUT2D eigenvalue weighted by Gasteiger charge is 2.30. The molecule has 0 bridgehead atoms. The van der Waals surface area contributed by atoms with Gasteiger partial charge in [0, 0.05) is 28.9 Å². The molecule has 4 aromatic rings. The first-order chi connectivity index (χ1) is 14.6. The molecule has 30 heavy (non-hydrogen) atoms. The highest BCUT2D eigenvalue weighted by atomic mass is 35.5. The largest absolute Gasteiger partial charge is 0.484 e. The lowest BCUT2D eigenvalue weighted by Gasteiger charge is -2.10. The second-order valence-electron chi connectivity index (χ2n) is 7.09. The van der Waals surface area contributed by atoms with Crippen LogP contribution in [0.2, 0.25) is 5.02 Å². The molecular formula is C20H18ClN5O2S2. The number of para-hydroxylation sites is 1. The van der Waals surface area contributed by atoms with Gasteiger partial charge in [0.15, 0.2) is 15.9 Å². The topological polar surface area (TPSA) is 74.3 Å². The number of aromatic nitrogens is 5. The van der Waals surface area contributed by atoms with Crippen LogP contribution in [0.25, 0.3) is 4.96 Å². The van der Waals surface area contributed by atoms with Gasteiger partial charge in [-0.2, -0.15) is 0 Å². The summed E-state index contributed by atoms with van der Waals surface area (Å²) >= 11 is 9.19. The molecule has 0 spiro atoms. The van der Waals surface area contributed by atoms with Crippen molar-refractivity contribution in [2.24, 2.45) is 0 Å². The maximum atomic E-state index is 12.4. The lowest BCUT2D eigenvalue weighted by atomic mass is 10.3. The van der Waals surface area contributed by atoms with Crippen molar-refractivity contribution in [3.8, 4) is 5.75 Å². The van der Waals surface area contributed by atoms with Crippen molar-refractivity contribution in [2.75, 3.05) is 0 Å². The van der Waals surface area contributed by atoms with Crippen LogP contribution in [-0.4, -0.2) is 24.1 Å². The van der Waals surface area contributed by atoms with Crippen LogP contribution in [-0.2, 0) is 12.4 Å². The standard InChI is InChI=1S/C20H18ClN5O2S2/c1-12-10-29-19-22-13(8-18(27)25(12)19)11-30-20-24-23-17(26(20)14-6-7-14)9-28-16-5-3-2-4-15(16)21/h2-5,8,10,14H,6-7,9,11H2,1H3. The van der Waals surface area contributed by atoms with Gasteiger partial charge < -0.3 is 4.74 Å². The van der Waals surface area contributed by atoms with E-state index in [4.69, 9.17) is 16.3 Å². The summed E-state index contributed by atoms with van der Waals surface area (Å²) in [6, 6.07) is 9.38. The third kappa shape index (κ3) is 3.84. The Morgan fingerprint density at radius 3 is 2.93 bits per heavy atom. The quantitative estimate of drug-likeness (QED) is 0.378. The molecule has 0 radical (unpaired) electrons. The molecule has 1 aromatic carbocycles. The number of halogens is 1. The van der Waals surface area contributed by atoms with Crippen molar-refractivity contribution in [1.82, 2.24) is 24.1 Å².